The molecule has 1 fully saturated rings. The number of anilines is 1. The highest BCUT2D eigenvalue weighted by atomic mass is 16.3. The van der Waals surface area contributed by atoms with Crippen molar-refractivity contribution in [2.45, 2.75) is 31.2 Å². The average Bonchev–Trinajstić information content (AvgIpc) is 2.95. The lowest BCUT2D eigenvalue weighted by Gasteiger charge is -2.28. The first kappa shape index (κ1) is 15.3. The molecular formula is C15H21N3O3. The number of carbonyl (C=O) groups excluding carboxylic acids is 2. The monoisotopic (exact) mass is 291 g/mol. The number of aliphatic hydroxyl groups excluding tert-OH is 1. The predicted molar refractivity (Wildman–Crippen MR) is 79.9 cm³/mol. The van der Waals surface area contributed by atoms with Crippen LogP contribution in [0.4, 0.5) is 10.5 Å². The van der Waals surface area contributed by atoms with Crippen LogP contribution in [0.1, 0.15) is 25.7 Å². The van der Waals surface area contributed by atoms with Crippen LogP contribution < -0.4 is 16.0 Å². The molecule has 0 bridgehead atoms. The Morgan fingerprint density at radius 1 is 1.14 bits per heavy atom. The van der Waals surface area contributed by atoms with Crippen LogP contribution in [0.25, 0.3) is 0 Å². The van der Waals surface area contributed by atoms with Gasteiger partial charge in [-0.05, 0) is 25.0 Å². The zero-order valence-corrected chi connectivity index (χ0v) is 11.9. The number of para-hydroxylation sites is 1. The number of hydrogen-bond donors (Lipinski definition) is 4. The summed E-state index contributed by atoms with van der Waals surface area (Å²) in [6.45, 7) is -0.171. The van der Waals surface area contributed by atoms with Crippen molar-refractivity contribution >= 4 is 17.6 Å². The molecule has 0 atom stereocenters. The van der Waals surface area contributed by atoms with E-state index in [1.807, 2.05) is 18.2 Å². The van der Waals surface area contributed by atoms with E-state index in [4.69, 9.17) is 0 Å². The molecule has 6 heteroatoms. The number of rotatable bonds is 5. The van der Waals surface area contributed by atoms with Crippen molar-refractivity contribution in [2.24, 2.45) is 0 Å². The molecule has 21 heavy (non-hydrogen) atoms. The van der Waals surface area contributed by atoms with E-state index in [2.05, 4.69) is 16.0 Å². The van der Waals surface area contributed by atoms with Crippen molar-refractivity contribution in [3.63, 3.8) is 0 Å². The van der Waals surface area contributed by atoms with Gasteiger partial charge in [-0.1, -0.05) is 31.0 Å². The fraction of sp³-hybridized carbons (Fsp3) is 0.467. The number of nitrogens with one attached hydrogen (secondary N) is 3. The lowest BCUT2D eigenvalue weighted by atomic mass is 9.99. The second-order valence-electron chi connectivity index (χ2n) is 5.37. The first-order valence-corrected chi connectivity index (χ1v) is 7.15. The minimum Gasteiger partial charge on any atom is -0.394 e. The fourth-order valence-corrected chi connectivity index (χ4v) is 2.57. The molecule has 1 aliphatic rings. The van der Waals surface area contributed by atoms with Crippen molar-refractivity contribution in [1.82, 2.24) is 10.6 Å². The van der Waals surface area contributed by atoms with E-state index >= 15 is 0 Å². The number of amides is 3. The maximum atomic E-state index is 11.9. The Balaban J connectivity index is 1.74. The third kappa shape index (κ3) is 4.46. The molecule has 6 nitrogen and oxygen atoms in total. The first-order chi connectivity index (χ1) is 10.1. The van der Waals surface area contributed by atoms with E-state index in [1.54, 1.807) is 12.1 Å². The number of benzene rings is 1. The van der Waals surface area contributed by atoms with Crippen LogP contribution >= 0.6 is 0 Å². The summed E-state index contributed by atoms with van der Waals surface area (Å²) >= 11 is 0. The number of urea groups is 1. The van der Waals surface area contributed by atoms with Gasteiger partial charge in [-0.15, -0.1) is 0 Å². The molecule has 1 aromatic rings. The molecule has 3 amide bonds. The largest absolute Gasteiger partial charge is 0.394 e. The van der Waals surface area contributed by atoms with Gasteiger partial charge in [-0.2, -0.15) is 0 Å². The van der Waals surface area contributed by atoms with Crippen molar-refractivity contribution < 1.29 is 14.7 Å². The predicted octanol–water partition coefficient (Wildman–Crippen LogP) is 1.23. The van der Waals surface area contributed by atoms with Crippen LogP contribution in [0.3, 0.4) is 0 Å². The Labute approximate surface area is 123 Å². The highest BCUT2D eigenvalue weighted by Crippen LogP contribution is 2.28. The van der Waals surface area contributed by atoms with E-state index in [0.29, 0.717) is 5.69 Å². The van der Waals surface area contributed by atoms with E-state index < -0.39 is 11.6 Å². The molecule has 0 unspecified atom stereocenters. The summed E-state index contributed by atoms with van der Waals surface area (Å²) in [7, 11) is 0. The maximum absolute atomic E-state index is 11.9. The number of hydrogen-bond acceptors (Lipinski definition) is 3. The van der Waals surface area contributed by atoms with E-state index in [0.717, 1.165) is 25.7 Å². The highest BCUT2D eigenvalue weighted by Gasteiger charge is 2.34. The Bertz CT molecular complexity index is 484. The van der Waals surface area contributed by atoms with Gasteiger partial charge in [0.05, 0.1) is 18.7 Å². The summed E-state index contributed by atoms with van der Waals surface area (Å²) in [5.41, 5.74) is 0.160. The summed E-state index contributed by atoms with van der Waals surface area (Å²) < 4.78 is 0. The average molecular weight is 291 g/mol. The Morgan fingerprint density at radius 3 is 2.43 bits per heavy atom. The molecule has 1 aliphatic carbocycles. The summed E-state index contributed by atoms with van der Waals surface area (Å²) in [6, 6.07) is 8.58. The molecule has 1 aromatic carbocycles. The molecule has 0 spiro atoms. The number of carbonyl (C=O) groups is 2. The summed E-state index contributed by atoms with van der Waals surface area (Å²) in [4.78, 5) is 23.5. The molecule has 0 aromatic heterocycles. The Kier molecular flexibility index (Phi) is 5.16. The second kappa shape index (κ2) is 7.08. The van der Waals surface area contributed by atoms with E-state index in [1.165, 1.54) is 0 Å². The van der Waals surface area contributed by atoms with Gasteiger partial charge in [0.15, 0.2) is 0 Å². The van der Waals surface area contributed by atoms with Crippen LogP contribution in [0.2, 0.25) is 0 Å². The van der Waals surface area contributed by atoms with Gasteiger partial charge in [0.25, 0.3) is 0 Å². The van der Waals surface area contributed by atoms with Gasteiger partial charge in [0, 0.05) is 5.69 Å². The lowest BCUT2D eigenvalue weighted by Crippen LogP contribution is -2.52. The molecule has 1 saturated carbocycles. The summed E-state index contributed by atoms with van der Waals surface area (Å²) in [6.07, 6.45) is 3.57. The van der Waals surface area contributed by atoms with Crippen LogP contribution in [0, 0.1) is 0 Å². The lowest BCUT2D eigenvalue weighted by molar-refractivity contribution is -0.122. The third-order valence-corrected chi connectivity index (χ3v) is 3.71. The van der Waals surface area contributed by atoms with E-state index in [9.17, 15) is 14.7 Å². The summed E-state index contributed by atoms with van der Waals surface area (Å²) in [5, 5.41) is 17.4. The highest BCUT2D eigenvalue weighted by molar-refractivity contribution is 5.92. The maximum Gasteiger partial charge on any atom is 0.319 e. The quantitative estimate of drug-likeness (QED) is 0.657. The second-order valence-corrected chi connectivity index (χ2v) is 5.37. The first-order valence-electron chi connectivity index (χ1n) is 7.15. The summed E-state index contributed by atoms with van der Waals surface area (Å²) in [5.74, 6) is -0.283. The van der Waals surface area contributed by atoms with Gasteiger partial charge >= 0.3 is 6.03 Å². The molecule has 0 heterocycles. The van der Waals surface area contributed by atoms with Gasteiger partial charge in [0.1, 0.15) is 0 Å². The zero-order chi connectivity index (χ0) is 15.1. The minimum absolute atomic E-state index is 0.0606. The molecule has 2 rings (SSSR count). The fourth-order valence-electron chi connectivity index (χ4n) is 2.57. The van der Waals surface area contributed by atoms with Crippen LogP contribution in [-0.2, 0) is 4.79 Å². The normalized spacial score (nSPS) is 16.2. The molecule has 114 valence electrons. The zero-order valence-electron chi connectivity index (χ0n) is 11.9. The molecule has 0 saturated heterocycles. The molecular weight excluding hydrogens is 270 g/mol. The Hall–Kier alpha value is -2.08. The molecule has 0 aliphatic heterocycles. The van der Waals surface area contributed by atoms with Crippen molar-refractivity contribution in [3.8, 4) is 0 Å². The Morgan fingerprint density at radius 2 is 1.81 bits per heavy atom. The minimum atomic E-state index is -0.505. The smallest absolute Gasteiger partial charge is 0.319 e. The van der Waals surface area contributed by atoms with Crippen LogP contribution in [-0.4, -0.2) is 35.7 Å². The van der Waals surface area contributed by atoms with Crippen molar-refractivity contribution in [1.29, 1.82) is 0 Å². The van der Waals surface area contributed by atoms with Crippen LogP contribution in [0.5, 0.6) is 0 Å². The van der Waals surface area contributed by atoms with Crippen molar-refractivity contribution in [2.75, 3.05) is 18.5 Å². The van der Waals surface area contributed by atoms with Gasteiger partial charge in [-0.3, -0.25) is 4.79 Å². The SMILES string of the molecule is O=C(CNC(=O)Nc1ccccc1)NC1(CO)CCCC1. The van der Waals surface area contributed by atoms with E-state index in [-0.39, 0.29) is 19.1 Å². The van der Waals surface area contributed by atoms with Gasteiger partial charge in [0.2, 0.25) is 5.91 Å². The molecule has 4 N–H and O–H groups in total. The van der Waals surface area contributed by atoms with Gasteiger partial charge in [-0.25, -0.2) is 4.79 Å². The topological polar surface area (TPSA) is 90.5 Å². The third-order valence-electron chi connectivity index (χ3n) is 3.71. The standard InChI is InChI=1S/C15H21N3O3/c19-11-15(8-4-5-9-15)18-13(20)10-16-14(21)17-12-6-2-1-3-7-12/h1-3,6-7,19H,4-5,8-11H2,(H,18,20)(H2,16,17,21). The number of aliphatic hydroxyl groups is 1. The van der Waals surface area contributed by atoms with Gasteiger partial charge < -0.3 is 21.1 Å². The molecule has 0 radical (unpaired) electrons. The van der Waals surface area contributed by atoms with Crippen LogP contribution in [0.15, 0.2) is 30.3 Å². The van der Waals surface area contributed by atoms with Crippen molar-refractivity contribution in [3.05, 3.63) is 30.3 Å².